The highest BCUT2D eigenvalue weighted by Gasteiger charge is 2.41. The lowest BCUT2D eigenvalue weighted by Gasteiger charge is -2.15. The number of alkyl halides is 3. The first-order valence-electron chi connectivity index (χ1n) is 5.82. The molecule has 0 heterocycles. The summed E-state index contributed by atoms with van der Waals surface area (Å²) in [5.74, 6) is 0. The lowest BCUT2D eigenvalue weighted by atomic mass is 10.0. The van der Waals surface area contributed by atoms with Crippen molar-refractivity contribution in [3.05, 3.63) is 0 Å². The van der Waals surface area contributed by atoms with E-state index in [0.29, 0.717) is 12.0 Å². The second-order valence-electron chi connectivity index (χ2n) is 4.59. The molecule has 17 heavy (non-hydrogen) atoms. The van der Waals surface area contributed by atoms with Crippen molar-refractivity contribution in [1.82, 2.24) is 5.32 Å². The van der Waals surface area contributed by atoms with Crippen LogP contribution < -0.4 is 5.32 Å². The van der Waals surface area contributed by atoms with Gasteiger partial charge in [0.2, 0.25) is 0 Å². The fourth-order valence-corrected chi connectivity index (χ4v) is 1.70. The van der Waals surface area contributed by atoms with Crippen LogP contribution in [0.5, 0.6) is 0 Å². The number of nitrogens with one attached hydrogen (secondary N) is 1. The van der Waals surface area contributed by atoms with Gasteiger partial charge in [-0.15, -0.1) is 0 Å². The van der Waals surface area contributed by atoms with Gasteiger partial charge in [-0.2, -0.15) is 13.2 Å². The first-order valence-corrected chi connectivity index (χ1v) is 5.82. The summed E-state index contributed by atoms with van der Waals surface area (Å²) in [4.78, 5) is 0. The van der Waals surface area contributed by atoms with Crippen LogP contribution in [0.2, 0.25) is 0 Å². The van der Waals surface area contributed by atoms with Crippen LogP contribution in [0.15, 0.2) is 0 Å². The molecule has 0 spiro atoms. The molecular formula is C11H20F3NO2. The lowest BCUT2D eigenvalue weighted by molar-refractivity contribution is -0.173. The first-order chi connectivity index (χ1) is 7.97. The molecule has 3 nitrogen and oxygen atoms in total. The van der Waals surface area contributed by atoms with Crippen LogP contribution in [-0.4, -0.2) is 46.2 Å². The summed E-state index contributed by atoms with van der Waals surface area (Å²) in [6, 6.07) is 0. The Bertz CT molecular complexity index is 217. The zero-order valence-corrected chi connectivity index (χ0v) is 10.1. The van der Waals surface area contributed by atoms with Gasteiger partial charge in [-0.05, 0) is 24.7 Å². The smallest absolute Gasteiger partial charge is 0.385 e. The molecule has 102 valence electrons. The van der Waals surface area contributed by atoms with Crippen molar-refractivity contribution < 1.29 is 22.6 Å². The van der Waals surface area contributed by atoms with Crippen LogP contribution in [0.25, 0.3) is 0 Å². The van der Waals surface area contributed by atoms with E-state index in [1.807, 2.05) is 0 Å². The van der Waals surface area contributed by atoms with Gasteiger partial charge < -0.3 is 14.8 Å². The second kappa shape index (κ2) is 6.56. The van der Waals surface area contributed by atoms with E-state index in [1.54, 1.807) is 7.11 Å². The minimum absolute atomic E-state index is 0.0971. The van der Waals surface area contributed by atoms with E-state index in [9.17, 15) is 13.2 Å². The SMILES string of the molecule is COCCC1(CNCCOCC(F)(F)F)CC1. The summed E-state index contributed by atoms with van der Waals surface area (Å²) in [5.41, 5.74) is 0.319. The largest absolute Gasteiger partial charge is 0.411 e. The molecule has 0 amide bonds. The van der Waals surface area contributed by atoms with Gasteiger partial charge in [-0.3, -0.25) is 0 Å². The molecule has 1 fully saturated rings. The van der Waals surface area contributed by atoms with E-state index in [4.69, 9.17) is 4.74 Å². The highest BCUT2D eigenvalue weighted by atomic mass is 19.4. The number of halogens is 3. The van der Waals surface area contributed by atoms with Crippen molar-refractivity contribution in [1.29, 1.82) is 0 Å². The van der Waals surface area contributed by atoms with Crippen molar-refractivity contribution in [3.63, 3.8) is 0 Å². The molecule has 0 unspecified atom stereocenters. The molecule has 1 aliphatic carbocycles. The predicted octanol–water partition coefficient (Wildman–Crippen LogP) is 1.97. The second-order valence-corrected chi connectivity index (χ2v) is 4.59. The number of hydrogen-bond donors (Lipinski definition) is 1. The molecule has 1 aliphatic rings. The van der Waals surface area contributed by atoms with Crippen molar-refractivity contribution >= 4 is 0 Å². The highest BCUT2D eigenvalue weighted by Crippen LogP contribution is 2.48. The van der Waals surface area contributed by atoms with Gasteiger partial charge in [0.15, 0.2) is 0 Å². The van der Waals surface area contributed by atoms with E-state index in [2.05, 4.69) is 10.1 Å². The van der Waals surface area contributed by atoms with Gasteiger partial charge in [0, 0.05) is 26.8 Å². The summed E-state index contributed by atoms with van der Waals surface area (Å²) < 4.78 is 44.8. The van der Waals surface area contributed by atoms with Crippen molar-refractivity contribution in [2.75, 3.05) is 40.0 Å². The standard InChI is InChI=1S/C11H20F3NO2/c1-16-6-4-10(2-3-10)8-15-5-7-17-9-11(12,13)14/h15H,2-9H2,1H3. The number of methoxy groups -OCH3 is 1. The molecule has 0 saturated heterocycles. The van der Waals surface area contributed by atoms with E-state index in [1.165, 1.54) is 12.8 Å². The third kappa shape index (κ3) is 6.85. The van der Waals surface area contributed by atoms with Crippen LogP contribution in [0, 0.1) is 5.41 Å². The molecule has 0 aromatic rings. The van der Waals surface area contributed by atoms with Crippen molar-refractivity contribution in [2.24, 2.45) is 5.41 Å². The van der Waals surface area contributed by atoms with Gasteiger partial charge in [0.1, 0.15) is 6.61 Å². The van der Waals surface area contributed by atoms with E-state index < -0.39 is 12.8 Å². The summed E-state index contributed by atoms with van der Waals surface area (Å²) in [5, 5.41) is 3.14. The Morgan fingerprint density at radius 2 is 1.94 bits per heavy atom. The Balaban J connectivity index is 1.94. The molecule has 0 atom stereocenters. The van der Waals surface area contributed by atoms with E-state index in [0.717, 1.165) is 19.6 Å². The molecular weight excluding hydrogens is 235 g/mol. The molecule has 1 saturated carbocycles. The Labute approximate surface area is 99.7 Å². The Morgan fingerprint density at radius 1 is 1.24 bits per heavy atom. The lowest BCUT2D eigenvalue weighted by Crippen LogP contribution is -2.29. The maximum Gasteiger partial charge on any atom is 0.411 e. The molecule has 1 N–H and O–H groups in total. The summed E-state index contributed by atoms with van der Waals surface area (Å²) >= 11 is 0. The van der Waals surface area contributed by atoms with Crippen LogP contribution in [0.3, 0.4) is 0 Å². The fraction of sp³-hybridized carbons (Fsp3) is 1.00. The molecule has 0 radical (unpaired) electrons. The number of hydrogen-bond acceptors (Lipinski definition) is 3. The Morgan fingerprint density at radius 3 is 2.47 bits per heavy atom. The molecule has 0 aliphatic heterocycles. The van der Waals surface area contributed by atoms with Crippen LogP contribution in [0.4, 0.5) is 13.2 Å². The summed E-state index contributed by atoms with van der Waals surface area (Å²) in [6.07, 6.45) is -0.865. The van der Waals surface area contributed by atoms with Crippen molar-refractivity contribution in [3.8, 4) is 0 Å². The molecule has 0 aromatic heterocycles. The van der Waals surface area contributed by atoms with Gasteiger partial charge >= 0.3 is 6.18 Å². The Hall–Kier alpha value is -0.330. The first kappa shape index (κ1) is 14.7. The average molecular weight is 255 g/mol. The third-order valence-electron chi connectivity index (χ3n) is 2.98. The average Bonchev–Trinajstić information content (AvgIpc) is 3.00. The van der Waals surface area contributed by atoms with Crippen molar-refractivity contribution in [2.45, 2.75) is 25.4 Å². The van der Waals surface area contributed by atoms with Crippen LogP contribution >= 0.6 is 0 Å². The topological polar surface area (TPSA) is 30.5 Å². The number of rotatable bonds is 9. The minimum Gasteiger partial charge on any atom is -0.385 e. The predicted molar refractivity (Wildman–Crippen MR) is 57.9 cm³/mol. The monoisotopic (exact) mass is 255 g/mol. The van der Waals surface area contributed by atoms with E-state index >= 15 is 0 Å². The maximum absolute atomic E-state index is 11.7. The minimum atomic E-state index is -4.23. The van der Waals surface area contributed by atoms with Gasteiger partial charge in [-0.25, -0.2) is 0 Å². The van der Waals surface area contributed by atoms with Crippen LogP contribution in [0.1, 0.15) is 19.3 Å². The molecule has 0 bridgehead atoms. The van der Waals surface area contributed by atoms with Crippen LogP contribution in [-0.2, 0) is 9.47 Å². The zero-order chi connectivity index (χ0) is 12.8. The molecule has 1 rings (SSSR count). The molecule has 6 heteroatoms. The normalized spacial score (nSPS) is 18.4. The van der Waals surface area contributed by atoms with Gasteiger partial charge in [0.05, 0.1) is 6.61 Å². The quantitative estimate of drug-likeness (QED) is 0.639. The highest BCUT2D eigenvalue weighted by molar-refractivity contribution is 4.94. The zero-order valence-electron chi connectivity index (χ0n) is 10.1. The Kier molecular flexibility index (Phi) is 5.69. The fourth-order valence-electron chi connectivity index (χ4n) is 1.70. The third-order valence-corrected chi connectivity index (χ3v) is 2.98. The number of ether oxygens (including phenoxy) is 2. The van der Waals surface area contributed by atoms with E-state index in [-0.39, 0.29) is 6.61 Å². The van der Waals surface area contributed by atoms with Gasteiger partial charge in [-0.1, -0.05) is 0 Å². The maximum atomic E-state index is 11.7. The molecule has 0 aromatic carbocycles. The van der Waals surface area contributed by atoms with Gasteiger partial charge in [0.25, 0.3) is 0 Å². The summed E-state index contributed by atoms with van der Waals surface area (Å²) in [6.45, 7) is 0.978. The summed E-state index contributed by atoms with van der Waals surface area (Å²) in [7, 11) is 1.68.